The van der Waals surface area contributed by atoms with Gasteiger partial charge in [0.15, 0.2) is 0 Å². The molecule has 0 saturated heterocycles. The van der Waals surface area contributed by atoms with Gasteiger partial charge in [0.1, 0.15) is 0 Å². The van der Waals surface area contributed by atoms with Gasteiger partial charge >= 0.3 is 0 Å². The van der Waals surface area contributed by atoms with Crippen LogP contribution in [0.25, 0.3) is 0 Å². The Kier molecular flexibility index (Phi) is 5.79. The molecule has 0 aromatic heterocycles. The van der Waals surface area contributed by atoms with Crippen LogP contribution in [-0.4, -0.2) is 37.0 Å². The van der Waals surface area contributed by atoms with Crippen molar-refractivity contribution in [3.05, 3.63) is 29.3 Å². The number of carbonyl (C=O) groups is 1. The summed E-state index contributed by atoms with van der Waals surface area (Å²) in [7, 11) is 2.05. The SMILES string of the molecule is Cc1cc(NN)ccc1C(=O)NCCN(C)C(C)C. The summed E-state index contributed by atoms with van der Waals surface area (Å²) in [6.07, 6.45) is 0. The van der Waals surface area contributed by atoms with Gasteiger partial charge in [-0.15, -0.1) is 0 Å². The van der Waals surface area contributed by atoms with E-state index < -0.39 is 0 Å². The van der Waals surface area contributed by atoms with Gasteiger partial charge in [0.05, 0.1) is 0 Å². The van der Waals surface area contributed by atoms with Crippen molar-refractivity contribution in [2.45, 2.75) is 26.8 Å². The Balaban J connectivity index is 2.54. The number of rotatable bonds is 6. The Morgan fingerprint density at radius 1 is 1.42 bits per heavy atom. The number of nitrogens with zero attached hydrogens (tertiary/aromatic N) is 1. The first kappa shape index (κ1) is 15.5. The minimum Gasteiger partial charge on any atom is -0.351 e. The van der Waals surface area contributed by atoms with E-state index in [1.54, 1.807) is 12.1 Å². The van der Waals surface area contributed by atoms with Crippen molar-refractivity contribution < 1.29 is 4.79 Å². The van der Waals surface area contributed by atoms with Crippen LogP contribution < -0.4 is 16.6 Å². The number of amides is 1. The summed E-state index contributed by atoms with van der Waals surface area (Å²) < 4.78 is 0. The van der Waals surface area contributed by atoms with Crippen LogP contribution in [0.5, 0.6) is 0 Å². The van der Waals surface area contributed by atoms with Crippen molar-refractivity contribution in [1.82, 2.24) is 10.2 Å². The molecule has 1 aromatic carbocycles. The molecule has 0 heterocycles. The molecule has 0 aliphatic rings. The number of nitrogens with one attached hydrogen (secondary N) is 2. The highest BCUT2D eigenvalue weighted by atomic mass is 16.1. The molecule has 5 nitrogen and oxygen atoms in total. The van der Waals surface area contributed by atoms with Crippen LogP contribution in [0.4, 0.5) is 5.69 Å². The van der Waals surface area contributed by atoms with E-state index in [1.165, 1.54) is 0 Å². The van der Waals surface area contributed by atoms with Crippen LogP contribution in [-0.2, 0) is 0 Å². The molecule has 0 aliphatic heterocycles. The second kappa shape index (κ2) is 7.11. The van der Waals surface area contributed by atoms with Gasteiger partial charge in [0.25, 0.3) is 5.91 Å². The number of nitrogens with two attached hydrogens (primary N) is 1. The Bertz CT molecular complexity index is 431. The molecule has 5 heteroatoms. The van der Waals surface area contributed by atoms with E-state index in [0.717, 1.165) is 17.8 Å². The first-order valence-corrected chi connectivity index (χ1v) is 6.51. The fraction of sp³-hybridized carbons (Fsp3) is 0.500. The van der Waals surface area contributed by atoms with E-state index in [0.29, 0.717) is 18.2 Å². The zero-order valence-electron chi connectivity index (χ0n) is 12.2. The molecule has 0 saturated carbocycles. The summed E-state index contributed by atoms with van der Waals surface area (Å²) in [5, 5.41) is 2.93. The van der Waals surface area contributed by atoms with Crippen molar-refractivity contribution in [3.8, 4) is 0 Å². The topological polar surface area (TPSA) is 70.4 Å². The second-order valence-electron chi connectivity index (χ2n) is 5.00. The lowest BCUT2D eigenvalue weighted by Crippen LogP contribution is -2.36. The smallest absolute Gasteiger partial charge is 0.251 e. The number of hydrazine groups is 1. The molecule has 0 radical (unpaired) electrons. The van der Waals surface area contributed by atoms with Gasteiger partial charge in [-0.2, -0.15) is 0 Å². The Morgan fingerprint density at radius 2 is 2.11 bits per heavy atom. The average Bonchev–Trinajstić information content (AvgIpc) is 2.37. The number of likely N-dealkylation sites (N-methyl/N-ethyl adjacent to an activating group) is 1. The largest absolute Gasteiger partial charge is 0.351 e. The number of carbonyl (C=O) groups excluding carboxylic acids is 1. The lowest BCUT2D eigenvalue weighted by Gasteiger charge is -2.21. The van der Waals surface area contributed by atoms with Gasteiger partial charge in [0, 0.05) is 30.4 Å². The summed E-state index contributed by atoms with van der Waals surface area (Å²) in [6.45, 7) is 7.64. The number of benzene rings is 1. The van der Waals surface area contributed by atoms with E-state index in [-0.39, 0.29) is 5.91 Å². The minimum atomic E-state index is -0.0433. The first-order valence-electron chi connectivity index (χ1n) is 6.51. The fourth-order valence-corrected chi connectivity index (χ4v) is 1.71. The third-order valence-electron chi connectivity index (χ3n) is 3.27. The molecule has 0 spiro atoms. The van der Waals surface area contributed by atoms with Crippen molar-refractivity contribution in [3.63, 3.8) is 0 Å². The van der Waals surface area contributed by atoms with Gasteiger partial charge in [-0.05, 0) is 51.6 Å². The predicted octanol–water partition coefficient (Wildman–Crippen LogP) is 1.35. The third-order valence-corrected chi connectivity index (χ3v) is 3.27. The molecule has 0 aliphatic carbocycles. The molecule has 106 valence electrons. The van der Waals surface area contributed by atoms with E-state index in [1.807, 2.05) is 20.0 Å². The molecule has 19 heavy (non-hydrogen) atoms. The number of aryl methyl sites for hydroxylation is 1. The molecule has 1 amide bonds. The van der Waals surface area contributed by atoms with Gasteiger partial charge in [0.2, 0.25) is 0 Å². The first-order chi connectivity index (χ1) is 8.95. The van der Waals surface area contributed by atoms with Crippen LogP contribution in [0.2, 0.25) is 0 Å². The number of hydrogen-bond acceptors (Lipinski definition) is 4. The highest BCUT2D eigenvalue weighted by Crippen LogP contribution is 2.14. The number of nitrogen functional groups attached to an aromatic ring is 1. The highest BCUT2D eigenvalue weighted by Gasteiger charge is 2.09. The van der Waals surface area contributed by atoms with E-state index in [4.69, 9.17) is 5.84 Å². The van der Waals surface area contributed by atoms with Crippen molar-refractivity contribution >= 4 is 11.6 Å². The van der Waals surface area contributed by atoms with Crippen LogP contribution in [0.15, 0.2) is 18.2 Å². The number of hydrogen-bond donors (Lipinski definition) is 3. The maximum absolute atomic E-state index is 12.0. The maximum Gasteiger partial charge on any atom is 0.251 e. The third kappa shape index (κ3) is 4.54. The predicted molar refractivity (Wildman–Crippen MR) is 79.1 cm³/mol. The van der Waals surface area contributed by atoms with Crippen LogP contribution in [0.3, 0.4) is 0 Å². The van der Waals surface area contributed by atoms with Gasteiger partial charge in [-0.25, -0.2) is 0 Å². The molecule has 1 rings (SSSR count). The number of anilines is 1. The maximum atomic E-state index is 12.0. The summed E-state index contributed by atoms with van der Waals surface area (Å²) in [5.74, 6) is 5.29. The molecule has 0 atom stereocenters. The average molecular weight is 264 g/mol. The standard InChI is InChI=1S/C14H24N4O/c1-10(2)18(4)8-7-16-14(19)13-6-5-12(17-15)9-11(13)3/h5-6,9-10,17H,7-8,15H2,1-4H3,(H,16,19). The minimum absolute atomic E-state index is 0.0433. The Hall–Kier alpha value is -1.59. The monoisotopic (exact) mass is 264 g/mol. The normalized spacial score (nSPS) is 10.9. The van der Waals surface area contributed by atoms with E-state index in [2.05, 4.69) is 29.5 Å². The molecule has 0 unspecified atom stereocenters. The molecular formula is C14H24N4O. The van der Waals surface area contributed by atoms with E-state index >= 15 is 0 Å². The van der Waals surface area contributed by atoms with Crippen molar-refractivity contribution in [2.75, 3.05) is 25.6 Å². The zero-order valence-corrected chi connectivity index (χ0v) is 12.2. The Labute approximate surface area is 115 Å². The fourth-order valence-electron chi connectivity index (χ4n) is 1.71. The highest BCUT2D eigenvalue weighted by molar-refractivity contribution is 5.96. The van der Waals surface area contributed by atoms with Crippen LogP contribution >= 0.6 is 0 Å². The van der Waals surface area contributed by atoms with Crippen molar-refractivity contribution in [1.29, 1.82) is 0 Å². The summed E-state index contributed by atoms with van der Waals surface area (Å²) in [4.78, 5) is 14.2. The van der Waals surface area contributed by atoms with Gasteiger partial charge in [-0.1, -0.05) is 0 Å². The van der Waals surface area contributed by atoms with Gasteiger partial charge < -0.3 is 15.6 Å². The summed E-state index contributed by atoms with van der Waals surface area (Å²) >= 11 is 0. The quantitative estimate of drug-likeness (QED) is 0.536. The van der Waals surface area contributed by atoms with Gasteiger partial charge in [-0.3, -0.25) is 10.6 Å². The summed E-state index contributed by atoms with van der Waals surface area (Å²) in [5.41, 5.74) is 4.96. The van der Waals surface area contributed by atoms with E-state index in [9.17, 15) is 4.79 Å². The molecule has 4 N–H and O–H groups in total. The van der Waals surface area contributed by atoms with Crippen molar-refractivity contribution in [2.24, 2.45) is 5.84 Å². The summed E-state index contributed by atoms with van der Waals surface area (Å²) in [6, 6.07) is 5.91. The van der Waals surface area contributed by atoms with Crippen LogP contribution in [0, 0.1) is 6.92 Å². The molecular weight excluding hydrogens is 240 g/mol. The lowest BCUT2D eigenvalue weighted by molar-refractivity contribution is 0.0947. The lowest BCUT2D eigenvalue weighted by atomic mass is 10.1. The molecule has 0 fully saturated rings. The Morgan fingerprint density at radius 3 is 2.63 bits per heavy atom. The molecule has 0 bridgehead atoms. The van der Waals surface area contributed by atoms with Crippen LogP contribution in [0.1, 0.15) is 29.8 Å². The molecule has 1 aromatic rings. The second-order valence-corrected chi connectivity index (χ2v) is 5.00. The zero-order chi connectivity index (χ0) is 14.4.